The van der Waals surface area contributed by atoms with Gasteiger partial charge in [0.2, 0.25) is 0 Å². The number of rotatable bonds is 3. The molecule has 0 heterocycles. The lowest BCUT2D eigenvalue weighted by molar-refractivity contribution is 0.236. The van der Waals surface area contributed by atoms with E-state index in [0.717, 1.165) is 17.8 Å². The van der Waals surface area contributed by atoms with Gasteiger partial charge in [0.1, 0.15) is 0 Å². The molecule has 1 fully saturated rings. The zero-order valence-electron chi connectivity index (χ0n) is 10.4. The molecular weight excluding hydrogens is 168 g/mol. The molecule has 0 heteroatoms. The van der Waals surface area contributed by atoms with Crippen LogP contribution in [0.1, 0.15) is 72.1 Å². The molecular formula is C14H28. The quantitative estimate of drug-likeness (QED) is 0.594. The summed E-state index contributed by atoms with van der Waals surface area (Å²) in [7, 11) is 0. The Balaban J connectivity index is 2.37. The van der Waals surface area contributed by atoms with Crippen LogP contribution in [0.4, 0.5) is 0 Å². The Bertz CT molecular complexity index is 125. The third-order valence-electron chi connectivity index (χ3n) is 4.26. The van der Waals surface area contributed by atoms with Crippen LogP contribution in [0.3, 0.4) is 0 Å². The second-order valence-electron chi connectivity index (χ2n) is 5.30. The van der Waals surface area contributed by atoms with Crippen LogP contribution in [0.5, 0.6) is 0 Å². The first-order chi connectivity index (χ1) is 6.77. The topological polar surface area (TPSA) is 0 Å². The SMILES string of the molecule is CCC(CC)C1CCCC(C)CCC1. The smallest absolute Gasteiger partial charge is 0.0386 e. The highest BCUT2D eigenvalue weighted by atomic mass is 14.3. The van der Waals surface area contributed by atoms with E-state index in [1.54, 1.807) is 0 Å². The van der Waals surface area contributed by atoms with Gasteiger partial charge in [-0.05, 0) is 17.8 Å². The average molecular weight is 196 g/mol. The minimum atomic E-state index is 0.998. The second kappa shape index (κ2) is 6.48. The fourth-order valence-corrected chi connectivity index (χ4v) is 3.17. The Morgan fingerprint density at radius 2 is 1.43 bits per heavy atom. The zero-order valence-corrected chi connectivity index (χ0v) is 10.4. The lowest BCUT2D eigenvalue weighted by Gasteiger charge is -2.28. The summed E-state index contributed by atoms with van der Waals surface area (Å²) in [5.41, 5.74) is 0. The van der Waals surface area contributed by atoms with E-state index in [1.807, 2.05) is 0 Å². The predicted molar refractivity (Wildman–Crippen MR) is 64.4 cm³/mol. The van der Waals surface area contributed by atoms with Crippen LogP contribution in [0, 0.1) is 17.8 Å². The zero-order chi connectivity index (χ0) is 10.4. The molecule has 1 rings (SSSR count). The van der Waals surface area contributed by atoms with E-state index < -0.39 is 0 Å². The van der Waals surface area contributed by atoms with Crippen LogP contribution in [0.25, 0.3) is 0 Å². The molecule has 0 aliphatic heterocycles. The molecule has 0 atom stereocenters. The summed E-state index contributed by atoms with van der Waals surface area (Å²) in [4.78, 5) is 0. The van der Waals surface area contributed by atoms with Crippen molar-refractivity contribution in [2.24, 2.45) is 17.8 Å². The maximum atomic E-state index is 2.43. The first kappa shape index (κ1) is 12.1. The highest BCUT2D eigenvalue weighted by molar-refractivity contribution is 4.72. The van der Waals surface area contributed by atoms with Gasteiger partial charge < -0.3 is 0 Å². The van der Waals surface area contributed by atoms with Crippen LogP contribution in [-0.4, -0.2) is 0 Å². The molecule has 0 nitrogen and oxygen atoms in total. The molecule has 0 aromatic rings. The molecule has 0 unspecified atom stereocenters. The Labute approximate surface area is 90.5 Å². The summed E-state index contributed by atoms with van der Waals surface area (Å²) in [6.07, 6.45) is 11.8. The van der Waals surface area contributed by atoms with Crippen molar-refractivity contribution in [3.63, 3.8) is 0 Å². The number of hydrogen-bond donors (Lipinski definition) is 0. The van der Waals surface area contributed by atoms with Gasteiger partial charge in [-0.1, -0.05) is 72.1 Å². The molecule has 0 aromatic carbocycles. The normalized spacial score (nSPS) is 30.0. The van der Waals surface area contributed by atoms with Crippen molar-refractivity contribution in [3.05, 3.63) is 0 Å². The highest BCUT2D eigenvalue weighted by Crippen LogP contribution is 2.33. The van der Waals surface area contributed by atoms with Crippen molar-refractivity contribution in [3.8, 4) is 0 Å². The second-order valence-corrected chi connectivity index (χ2v) is 5.30. The lowest BCUT2D eigenvalue weighted by Crippen LogP contribution is -2.16. The minimum Gasteiger partial charge on any atom is -0.0651 e. The van der Waals surface area contributed by atoms with Gasteiger partial charge in [-0.25, -0.2) is 0 Å². The molecule has 0 N–H and O–H groups in total. The standard InChI is InChI=1S/C14H28/c1-4-13(5-2)14-10-6-8-12(3)9-7-11-14/h12-14H,4-11H2,1-3H3. The van der Waals surface area contributed by atoms with Crippen molar-refractivity contribution in [2.75, 3.05) is 0 Å². The highest BCUT2D eigenvalue weighted by Gasteiger charge is 2.20. The van der Waals surface area contributed by atoms with Crippen LogP contribution in [0.15, 0.2) is 0 Å². The van der Waals surface area contributed by atoms with E-state index in [-0.39, 0.29) is 0 Å². The fraction of sp³-hybridized carbons (Fsp3) is 1.00. The van der Waals surface area contributed by atoms with E-state index in [4.69, 9.17) is 0 Å². The largest absolute Gasteiger partial charge is 0.0651 e. The predicted octanol–water partition coefficient (Wildman–Crippen LogP) is 5.03. The monoisotopic (exact) mass is 196 g/mol. The van der Waals surface area contributed by atoms with E-state index in [0.29, 0.717) is 0 Å². The minimum absolute atomic E-state index is 0.998. The van der Waals surface area contributed by atoms with Gasteiger partial charge in [0.25, 0.3) is 0 Å². The van der Waals surface area contributed by atoms with E-state index in [9.17, 15) is 0 Å². The summed E-state index contributed by atoms with van der Waals surface area (Å²) in [5.74, 6) is 3.07. The van der Waals surface area contributed by atoms with Crippen LogP contribution in [0.2, 0.25) is 0 Å². The van der Waals surface area contributed by atoms with E-state index in [2.05, 4.69) is 20.8 Å². The lowest BCUT2D eigenvalue weighted by atomic mass is 9.78. The summed E-state index contributed by atoms with van der Waals surface area (Å²) >= 11 is 0. The fourth-order valence-electron chi connectivity index (χ4n) is 3.17. The molecule has 14 heavy (non-hydrogen) atoms. The van der Waals surface area contributed by atoms with Crippen molar-refractivity contribution in [1.82, 2.24) is 0 Å². The summed E-state index contributed by atoms with van der Waals surface area (Å²) in [5, 5.41) is 0. The summed E-state index contributed by atoms with van der Waals surface area (Å²) < 4.78 is 0. The maximum Gasteiger partial charge on any atom is -0.0386 e. The average Bonchev–Trinajstić information content (AvgIpc) is 2.15. The van der Waals surface area contributed by atoms with Gasteiger partial charge in [0, 0.05) is 0 Å². The first-order valence-electron chi connectivity index (χ1n) is 6.77. The molecule has 0 saturated heterocycles. The van der Waals surface area contributed by atoms with Crippen molar-refractivity contribution >= 4 is 0 Å². The Hall–Kier alpha value is 0. The van der Waals surface area contributed by atoms with Crippen LogP contribution < -0.4 is 0 Å². The van der Waals surface area contributed by atoms with Gasteiger partial charge in [0.05, 0.1) is 0 Å². The third kappa shape index (κ3) is 3.63. The molecule has 0 amide bonds. The molecule has 0 radical (unpaired) electrons. The van der Waals surface area contributed by atoms with Gasteiger partial charge >= 0.3 is 0 Å². The molecule has 84 valence electrons. The molecule has 1 saturated carbocycles. The molecule has 1 aliphatic rings. The maximum absolute atomic E-state index is 2.43. The first-order valence-corrected chi connectivity index (χ1v) is 6.77. The molecule has 0 aromatic heterocycles. The number of hydrogen-bond acceptors (Lipinski definition) is 0. The van der Waals surface area contributed by atoms with Gasteiger partial charge in [-0.2, -0.15) is 0 Å². The molecule has 1 aliphatic carbocycles. The van der Waals surface area contributed by atoms with Gasteiger partial charge in [-0.15, -0.1) is 0 Å². The van der Waals surface area contributed by atoms with Gasteiger partial charge in [-0.3, -0.25) is 0 Å². The van der Waals surface area contributed by atoms with Gasteiger partial charge in [0.15, 0.2) is 0 Å². The Kier molecular flexibility index (Phi) is 5.59. The van der Waals surface area contributed by atoms with E-state index >= 15 is 0 Å². The van der Waals surface area contributed by atoms with Crippen LogP contribution in [-0.2, 0) is 0 Å². The molecule has 0 bridgehead atoms. The van der Waals surface area contributed by atoms with Crippen molar-refractivity contribution in [1.29, 1.82) is 0 Å². The Morgan fingerprint density at radius 3 is 1.86 bits per heavy atom. The van der Waals surface area contributed by atoms with E-state index in [1.165, 1.54) is 51.4 Å². The van der Waals surface area contributed by atoms with Crippen LogP contribution >= 0.6 is 0 Å². The molecule has 0 spiro atoms. The van der Waals surface area contributed by atoms with Crippen molar-refractivity contribution < 1.29 is 0 Å². The van der Waals surface area contributed by atoms with Crippen molar-refractivity contribution in [2.45, 2.75) is 72.1 Å². The third-order valence-corrected chi connectivity index (χ3v) is 4.26. The summed E-state index contributed by atoms with van der Waals surface area (Å²) in [6.45, 7) is 7.17. The summed E-state index contributed by atoms with van der Waals surface area (Å²) in [6, 6.07) is 0. The Morgan fingerprint density at radius 1 is 0.929 bits per heavy atom.